The molecule has 0 aliphatic rings. The number of ether oxygens (including phenoxy) is 1. The Kier molecular flexibility index (Phi) is 3.68. The van der Waals surface area contributed by atoms with Crippen LogP contribution in [-0.2, 0) is 16.0 Å². The number of aryl methyl sites for hydroxylation is 1. The molecule has 15 heavy (non-hydrogen) atoms. The highest BCUT2D eigenvalue weighted by Crippen LogP contribution is 2.14. The van der Waals surface area contributed by atoms with E-state index in [9.17, 15) is 4.79 Å². The molecule has 1 aromatic rings. The lowest BCUT2D eigenvalue weighted by atomic mass is 10.0. The number of methoxy groups -OCH3 is 1. The van der Waals surface area contributed by atoms with Crippen molar-refractivity contribution < 1.29 is 9.53 Å². The molecule has 0 saturated heterocycles. The van der Waals surface area contributed by atoms with Crippen molar-refractivity contribution in [1.82, 2.24) is 0 Å². The molecule has 0 aromatic heterocycles. The predicted octanol–water partition coefficient (Wildman–Crippen LogP) is 0.620. The van der Waals surface area contributed by atoms with Gasteiger partial charge in [-0.05, 0) is 36.6 Å². The molecule has 0 aliphatic heterocycles. The Morgan fingerprint density at radius 2 is 2.20 bits per heavy atom. The van der Waals surface area contributed by atoms with Crippen molar-refractivity contribution in [1.29, 1.82) is 0 Å². The molecule has 0 fully saturated rings. The first kappa shape index (κ1) is 11.5. The topological polar surface area (TPSA) is 78.3 Å². The number of hydrogen-bond donors (Lipinski definition) is 2. The van der Waals surface area contributed by atoms with Crippen LogP contribution in [0.4, 0.5) is 5.69 Å². The van der Waals surface area contributed by atoms with E-state index in [1.807, 2.05) is 19.1 Å². The lowest BCUT2D eigenvalue weighted by molar-refractivity contribution is -0.142. The Balaban J connectivity index is 2.76. The van der Waals surface area contributed by atoms with E-state index in [0.717, 1.165) is 11.1 Å². The summed E-state index contributed by atoms with van der Waals surface area (Å²) in [5.74, 6) is -0.397. The van der Waals surface area contributed by atoms with Gasteiger partial charge in [-0.1, -0.05) is 6.07 Å². The van der Waals surface area contributed by atoms with Gasteiger partial charge in [0.2, 0.25) is 0 Å². The second-order valence-electron chi connectivity index (χ2n) is 3.52. The molecule has 0 amide bonds. The molecule has 1 rings (SSSR count). The van der Waals surface area contributed by atoms with Crippen molar-refractivity contribution >= 4 is 11.7 Å². The number of carbonyl (C=O) groups excluding carboxylic acids is 1. The average Bonchev–Trinajstić information content (AvgIpc) is 2.20. The number of esters is 1. The molecule has 1 atom stereocenters. The quantitative estimate of drug-likeness (QED) is 0.564. The molecule has 0 heterocycles. The van der Waals surface area contributed by atoms with Gasteiger partial charge < -0.3 is 16.2 Å². The van der Waals surface area contributed by atoms with E-state index in [-0.39, 0.29) is 0 Å². The maximum absolute atomic E-state index is 11.1. The minimum absolute atomic E-state index is 0.397. The van der Waals surface area contributed by atoms with Crippen molar-refractivity contribution in [2.45, 2.75) is 19.4 Å². The van der Waals surface area contributed by atoms with Gasteiger partial charge in [0.05, 0.1) is 7.11 Å². The second kappa shape index (κ2) is 4.79. The van der Waals surface area contributed by atoms with E-state index in [1.165, 1.54) is 7.11 Å². The first-order chi connectivity index (χ1) is 7.04. The molecule has 1 aromatic carbocycles. The van der Waals surface area contributed by atoms with Gasteiger partial charge in [-0.3, -0.25) is 4.79 Å². The SMILES string of the molecule is COC(=O)[C@H](N)Cc1ccc(N)cc1C. The molecule has 4 heteroatoms. The van der Waals surface area contributed by atoms with Gasteiger partial charge in [0.25, 0.3) is 0 Å². The third-order valence-electron chi connectivity index (χ3n) is 2.31. The Labute approximate surface area is 89.2 Å². The van der Waals surface area contributed by atoms with Crippen LogP contribution in [0.3, 0.4) is 0 Å². The van der Waals surface area contributed by atoms with Crippen LogP contribution in [0.15, 0.2) is 18.2 Å². The molecular formula is C11H16N2O2. The molecule has 82 valence electrons. The Morgan fingerprint density at radius 3 is 2.73 bits per heavy atom. The number of hydrogen-bond acceptors (Lipinski definition) is 4. The van der Waals surface area contributed by atoms with E-state index < -0.39 is 12.0 Å². The Morgan fingerprint density at radius 1 is 1.53 bits per heavy atom. The minimum atomic E-state index is -0.614. The summed E-state index contributed by atoms with van der Waals surface area (Å²) in [6.07, 6.45) is 0.471. The largest absolute Gasteiger partial charge is 0.468 e. The molecule has 0 bridgehead atoms. The lowest BCUT2D eigenvalue weighted by Gasteiger charge is -2.11. The third-order valence-corrected chi connectivity index (χ3v) is 2.31. The molecular weight excluding hydrogens is 192 g/mol. The smallest absolute Gasteiger partial charge is 0.322 e. The summed E-state index contributed by atoms with van der Waals surface area (Å²) in [5, 5.41) is 0. The summed E-state index contributed by atoms with van der Waals surface area (Å²) in [6.45, 7) is 1.94. The van der Waals surface area contributed by atoms with Gasteiger partial charge in [0.1, 0.15) is 6.04 Å². The molecule has 0 saturated carbocycles. The summed E-state index contributed by atoms with van der Waals surface area (Å²) in [6, 6.07) is 4.93. The fraction of sp³-hybridized carbons (Fsp3) is 0.364. The van der Waals surface area contributed by atoms with Crippen LogP contribution in [-0.4, -0.2) is 19.1 Å². The van der Waals surface area contributed by atoms with Gasteiger partial charge in [0, 0.05) is 5.69 Å². The van der Waals surface area contributed by atoms with Crippen LogP contribution in [0.25, 0.3) is 0 Å². The van der Waals surface area contributed by atoms with Crippen LogP contribution in [0.1, 0.15) is 11.1 Å². The first-order valence-corrected chi connectivity index (χ1v) is 4.73. The zero-order chi connectivity index (χ0) is 11.4. The number of rotatable bonds is 3. The molecule has 4 N–H and O–H groups in total. The Bertz CT molecular complexity index is 364. The van der Waals surface area contributed by atoms with E-state index in [4.69, 9.17) is 11.5 Å². The number of nitrogens with two attached hydrogens (primary N) is 2. The van der Waals surface area contributed by atoms with Crippen molar-refractivity contribution in [3.05, 3.63) is 29.3 Å². The highest BCUT2D eigenvalue weighted by atomic mass is 16.5. The summed E-state index contributed by atoms with van der Waals surface area (Å²) >= 11 is 0. The summed E-state index contributed by atoms with van der Waals surface area (Å²) in [7, 11) is 1.33. The Hall–Kier alpha value is -1.55. The van der Waals surface area contributed by atoms with Crippen molar-refractivity contribution in [3.8, 4) is 0 Å². The molecule has 4 nitrogen and oxygen atoms in total. The lowest BCUT2D eigenvalue weighted by Crippen LogP contribution is -2.33. The maximum atomic E-state index is 11.1. The zero-order valence-corrected chi connectivity index (χ0v) is 8.99. The first-order valence-electron chi connectivity index (χ1n) is 4.73. The molecule has 0 spiro atoms. The number of anilines is 1. The number of nitrogen functional groups attached to an aromatic ring is 1. The van der Waals surface area contributed by atoms with Crippen LogP contribution < -0.4 is 11.5 Å². The number of carbonyl (C=O) groups is 1. The van der Waals surface area contributed by atoms with Crippen LogP contribution >= 0.6 is 0 Å². The van der Waals surface area contributed by atoms with Gasteiger partial charge in [-0.2, -0.15) is 0 Å². The van der Waals surface area contributed by atoms with E-state index in [1.54, 1.807) is 6.07 Å². The highest BCUT2D eigenvalue weighted by molar-refractivity contribution is 5.75. The summed E-state index contributed by atoms with van der Waals surface area (Å²) in [5.41, 5.74) is 14.0. The van der Waals surface area contributed by atoms with Gasteiger partial charge in [-0.25, -0.2) is 0 Å². The zero-order valence-electron chi connectivity index (χ0n) is 8.99. The number of benzene rings is 1. The molecule has 0 radical (unpaired) electrons. The van der Waals surface area contributed by atoms with Crippen LogP contribution in [0.5, 0.6) is 0 Å². The maximum Gasteiger partial charge on any atom is 0.322 e. The van der Waals surface area contributed by atoms with E-state index >= 15 is 0 Å². The van der Waals surface area contributed by atoms with Gasteiger partial charge in [0.15, 0.2) is 0 Å². The normalized spacial score (nSPS) is 12.2. The summed E-state index contributed by atoms with van der Waals surface area (Å²) < 4.78 is 4.56. The van der Waals surface area contributed by atoms with Crippen molar-refractivity contribution in [2.24, 2.45) is 5.73 Å². The van der Waals surface area contributed by atoms with E-state index in [2.05, 4.69) is 4.74 Å². The van der Waals surface area contributed by atoms with Crippen LogP contribution in [0.2, 0.25) is 0 Å². The second-order valence-corrected chi connectivity index (χ2v) is 3.52. The monoisotopic (exact) mass is 208 g/mol. The fourth-order valence-corrected chi connectivity index (χ4v) is 1.42. The van der Waals surface area contributed by atoms with Crippen molar-refractivity contribution in [3.63, 3.8) is 0 Å². The molecule has 0 unspecified atom stereocenters. The van der Waals surface area contributed by atoms with Crippen LogP contribution in [0, 0.1) is 6.92 Å². The van der Waals surface area contributed by atoms with Gasteiger partial charge >= 0.3 is 5.97 Å². The third kappa shape index (κ3) is 2.95. The fourth-order valence-electron chi connectivity index (χ4n) is 1.42. The minimum Gasteiger partial charge on any atom is -0.468 e. The van der Waals surface area contributed by atoms with Crippen molar-refractivity contribution in [2.75, 3.05) is 12.8 Å². The summed E-state index contributed by atoms with van der Waals surface area (Å²) in [4.78, 5) is 11.1. The van der Waals surface area contributed by atoms with E-state index in [0.29, 0.717) is 12.1 Å². The average molecular weight is 208 g/mol. The van der Waals surface area contributed by atoms with Gasteiger partial charge in [-0.15, -0.1) is 0 Å². The highest BCUT2D eigenvalue weighted by Gasteiger charge is 2.15. The predicted molar refractivity (Wildman–Crippen MR) is 59.3 cm³/mol. The standard InChI is InChI=1S/C11H16N2O2/c1-7-5-9(12)4-3-8(7)6-10(13)11(14)15-2/h3-5,10H,6,12-13H2,1-2H3/t10-/m1/s1. The molecule has 0 aliphatic carbocycles.